The lowest BCUT2D eigenvalue weighted by atomic mass is 9.56. The fourth-order valence-electron chi connectivity index (χ4n) is 4.78. The summed E-state index contributed by atoms with van der Waals surface area (Å²) in [7, 11) is 2.00. The molecule has 0 radical (unpaired) electrons. The molecule has 0 saturated heterocycles. The van der Waals surface area contributed by atoms with Gasteiger partial charge in [0, 0.05) is 13.5 Å². The first-order valence-corrected chi connectivity index (χ1v) is 9.15. The van der Waals surface area contributed by atoms with E-state index in [9.17, 15) is 9.90 Å². The summed E-state index contributed by atoms with van der Waals surface area (Å²) in [4.78, 5) is 13.1. The third-order valence-corrected chi connectivity index (χ3v) is 6.03. The maximum atomic E-state index is 11.0. The van der Waals surface area contributed by atoms with Gasteiger partial charge < -0.3 is 9.84 Å². The SMILES string of the molecule is CC(=O)OCN(C)CC[C@@]12CCCC[C@@H]1CCc1ccc(O)cc12. The molecule has 24 heavy (non-hydrogen) atoms. The van der Waals surface area contributed by atoms with Crippen molar-refractivity contribution in [3.8, 4) is 5.75 Å². The van der Waals surface area contributed by atoms with Crippen molar-refractivity contribution in [2.75, 3.05) is 20.3 Å². The third kappa shape index (κ3) is 3.44. The van der Waals surface area contributed by atoms with Crippen LogP contribution in [0.5, 0.6) is 5.75 Å². The number of nitrogens with zero attached hydrogens (tertiary/aromatic N) is 1. The minimum Gasteiger partial charge on any atom is -0.508 e. The van der Waals surface area contributed by atoms with Crippen LogP contribution in [0.1, 0.15) is 56.6 Å². The number of aryl methyl sites for hydroxylation is 1. The van der Waals surface area contributed by atoms with Gasteiger partial charge in [0.1, 0.15) is 12.5 Å². The molecular formula is C20H29NO3. The molecule has 1 aromatic carbocycles. The van der Waals surface area contributed by atoms with E-state index < -0.39 is 0 Å². The van der Waals surface area contributed by atoms with Crippen LogP contribution in [0.15, 0.2) is 18.2 Å². The van der Waals surface area contributed by atoms with E-state index in [1.54, 1.807) is 0 Å². The molecular weight excluding hydrogens is 302 g/mol. The number of ether oxygens (including phenoxy) is 1. The molecule has 2 atom stereocenters. The van der Waals surface area contributed by atoms with Gasteiger partial charge in [0.2, 0.25) is 0 Å². The molecule has 0 spiro atoms. The summed E-state index contributed by atoms with van der Waals surface area (Å²) in [6, 6.07) is 5.95. The molecule has 0 heterocycles. The molecule has 4 heteroatoms. The Morgan fingerprint density at radius 2 is 2.21 bits per heavy atom. The first-order chi connectivity index (χ1) is 11.5. The topological polar surface area (TPSA) is 49.8 Å². The average Bonchev–Trinajstić information content (AvgIpc) is 2.58. The number of rotatable bonds is 5. The van der Waals surface area contributed by atoms with Crippen molar-refractivity contribution in [3.05, 3.63) is 29.3 Å². The molecule has 1 fully saturated rings. The highest BCUT2D eigenvalue weighted by molar-refractivity contribution is 5.65. The molecule has 0 aliphatic heterocycles. The molecule has 0 unspecified atom stereocenters. The molecule has 3 rings (SSSR count). The minimum atomic E-state index is -0.233. The van der Waals surface area contributed by atoms with Crippen molar-refractivity contribution in [1.82, 2.24) is 4.90 Å². The summed E-state index contributed by atoms with van der Waals surface area (Å²) in [5.41, 5.74) is 2.96. The number of hydrogen-bond acceptors (Lipinski definition) is 4. The standard InChI is InChI=1S/C20H29NO3/c1-15(22)24-14-21(2)12-11-20-10-4-3-5-17(20)8-6-16-7-9-18(23)13-19(16)20/h7,9,13,17,23H,3-6,8,10-12,14H2,1-2H3/t17-,20+/m1/s1. The van der Waals surface area contributed by atoms with Gasteiger partial charge in [0.15, 0.2) is 0 Å². The molecule has 1 N–H and O–H groups in total. The predicted octanol–water partition coefficient (Wildman–Crippen LogP) is 3.61. The highest BCUT2D eigenvalue weighted by Crippen LogP contribution is 2.52. The van der Waals surface area contributed by atoms with Crippen molar-refractivity contribution >= 4 is 5.97 Å². The summed E-state index contributed by atoms with van der Waals surface area (Å²) in [6.07, 6.45) is 8.53. The summed E-state index contributed by atoms with van der Waals surface area (Å²) < 4.78 is 5.11. The number of aromatic hydroxyl groups is 1. The van der Waals surface area contributed by atoms with Gasteiger partial charge in [0.25, 0.3) is 0 Å². The molecule has 2 aliphatic carbocycles. The van der Waals surface area contributed by atoms with Crippen molar-refractivity contribution in [3.63, 3.8) is 0 Å². The molecule has 132 valence electrons. The summed E-state index contributed by atoms with van der Waals surface area (Å²) in [5, 5.41) is 10.0. The monoisotopic (exact) mass is 331 g/mol. The van der Waals surface area contributed by atoms with Crippen LogP contribution in [0.3, 0.4) is 0 Å². The fraction of sp³-hybridized carbons (Fsp3) is 0.650. The molecule has 1 aromatic rings. The number of hydrogen-bond donors (Lipinski definition) is 1. The second-order valence-electron chi connectivity index (χ2n) is 7.57. The van der Waals surface area contributed by atoms with Gasteiger partial charge in [-0.3, -0.25) is 9.69 Å². The lowest BCUT2D eigenvalue weighted by Crippen LogP contribution is -2.44. The second kappa shape index (κ2) is 7.14. The van der Waals surface area contributed by atoms with Crippen LogP contribution in [0.2, 0.25) is 0 Å². The highest BCUT2D eigenvalue weighted by Gasteiger charge is 2.45. The molecule has 1 saturated carbocycles. The fourth-order valence-corrected chi connectivity index (χ4v) is 4.78. The van der Waals surface area contributed by atoms with Gasteiger partial charge in [-0.25, -0.2) is 0 Å². The van der Waals surface area contributed by atoms with Crippen LogP contribution < -0.4 is 0 Å². The van der Waals surface area contributed by atoms with E-state index in [1.165, 1.54) is 50.2 Å². The third-order valence-electron chi connectivity index (χ3n) is 6.03. The lowest BCUT2D eigenvalue weighted by Gasteiger charge is -2.49. The van der Waals surface area contributed by atoms with E-state index in [2.05, 4.69) is 11.0 Å². The predicted molar refractivity (Wildman–Crippen MR) is 93.9 cm³/mol. The Kier molecular flexibility index (Phi) is 5.14. The van der Waals surface area contributed by atoms with Crippen LogP contribution in [0, 0.1) is 5.92 Å². The van der Waals surface area contributed by atoms with Gasteiger partial charge >= 0.3 is 5.97 Å². The van der Waals surface area contributed by atoms with Crippen LogP contribution in [0.25, 0.3) is 0 Å². The molecule has 4 nitrogen and oxygen atoms in total. The molecule has 0 amide bonds. The number of esters is 1. The minimum absolute atomic E-state index is 0.176. The van der Waals surface area contributed by atoms with E-state index in [-0.39, 0.29) is 11.4 Å². The zero-order valence-electron chi connectivity index (χ0n) is 14.9. The smallest absolute Gasteiger partial charge is 0.303 e. The van der Waals surface area contributed by atoms with Gasteiger partial charge in [-0.1, -0.05) is 18.9 Å². The number of phenolic OH excluding ortho intramolecular Hbond substituents is 1. The van der Waals surface area contributed by atoms with E-state index in [0.29, 0.717) is 18.4 Å². The summed E-state index contributed by atoms with van der Waals surface area (Å²) in [6.45, 7) is 2.70. The Morgan fingerprint density at radius 1 is 1.38 bits per heavy atom. The Labute approximate surface area is 144 Å². The van der Waals surface area contributed by atoms with Gasteiger partial charge in [0.05, 0.1) is 0 Å². The van der Waals surface area contributed by atoms with Crippen molar-refractivity contribution in [2.24, 2.45) is 5.92 Å². The van der Waals surface area contributed by atoms with Crippen LogP contribution in [-0.2, 0) is 21.4 Å². The molecule has 0 bridgehead atoms. The van der Waals surface area contributed by atoms with E-state index in [1.807, 2.05) is 19.2 Å². The normalized spacial score (nSPS) is 25.9. The van der Waals surface area contributed by atoms with Crippen molar-refractivity contribution in [2.45, 2.75) is 57.3 Å². The number of fused-ring (bicyclic) bond motifs is 3. The zero-order valence-corrected chi connectivity index (χ0v) is 14.9. The Hall–Kier alpha value is -1.55. The van der Waals surface area contributed by atoms with Crippen molar-refractivity contribution < 1.29 is 14.6 Å². The van der Waals surface area contributed by atoms with Crippen LogP contribution in [0.4, 0.5) is 0 Å². The maximum Gasteiger partial charge on any atom is 0.303 e. The lowest BCUT2D eigenvalue weighted by molar-refractivity contribution is -0.145. The Balaban J connectivity index is 1.81. The maximum absolute atomic E-state index is 11.0. The summed E-state index contributed by atoms with van der Waals surface area (Å²) in [5.74, 6) is 0.860. The van der Waals surface area contributed by atoms with Gasteiger partial charge in [-0.2, -0.15) is 0 Å². The largest absolute Gasteiger partial charge is 0.508 e. The number of phenols is 1. The first-order valence-electron chi connectivity index (χ1n) is 9.15. The van der Waals surface area contributed by atoms with E-state index >= 15 is 0 Å². The number of carbonyl (C=O) groups is 1. The van der Waals surface area contributed by atoms with Gasteiger partial charge in [-0.15, -0.1) is 0 Å². The Morgan fingerprint density at radius 3 is 3.00 bits per heavy atom. The number of benzene rings is 1. The molecule has 2 aliphatic rings. The molecule has 0 aromatic heterocycles. The van der Waals surface area contributed by atoms with Crippen LogP contribution in [-0.4, -0.2) is 36.3 Å². The summed E-state index contributed by atoms with van der Waals surface area (Å²) >= 11 is 0. The second-order valence-corrected chi connectivity index (χ2v) is 7.57. The van der Waals surface area contributed by atoms with Crippen LogP contribution >= 0.6 is 0 Å². The highest BCUT2D eigenvalue weighted by atomic mass is 16.5. The quantitative estimate of drug-likeness (QED) is 0.661. The van der Waals surface area contributed by atoms with E-state index in [4.69, 9.17) is 4.74 Å². The van der Waals surface area contributed by atoms with E-state index in [0.717, 1.165) is 19.4 Å². The number of carbonyl (C=O) groups excluding carboxylic acids is 1. The Bertz CT molecular complexity index is 601. The van der Waals surface area contributed by atoms with Gasteiger partial charge in [-0.05, 0) is 73.7 Å². The zero-order chi connectivity index (χ0) is 17.2. The average molecular weight is 331 g/mol. The van der Waals surface area contributed by atoms with Crippen molar-refractivity contribution in [1.29, 1.82) is 0 Å². The first kappa shape index (κ1) is 17.3.